The summed E-state index contributed by atoms with van der Waals surface area (Å²) in [6.07, 6.45) is 1.45. The smallest absolute Gasteiger partial charge is 0.342 e. The van der Waals surface area contributed by atoms with Crippen LogP contribution in [0.2, 0.25) is 0 Å². The molecule has 3 aromatic rings. The number of carbonyl (C=O) groups is 1. The quantitative estimate of drug-likeness (QED) is 0.564. The summed E-state index contributed by atoms with van der Waals surface area (Å²) in [6.45, 7) is 0. The molecule has 0 aliphatic rings. The van der Waals surface area contributed by atoms with Crippen molar-refractivity contribution in [2.45, 2.75) is 5.22 Å². The number of para-hydroxylation sites is 2. The first kappa shape index (κ1) is 15.2. The highest BCUT2D eigenvalue weighted by Gasteiger charge is 2.16. The molecule has 3 rings (SSSR count). The van der Waals surface area contributed by atoms with Crippen molar-refractivity contribution in [3.05, 3.63) is 47.1 Å². The predicted octanol–water partition coefficient (Wildman–Crippen LogP) is 3.70. The van der Waals surface area contributed by atoms with Gasteiger partial charge in [0.15, 0.2) is 11.5 Å². The van der Waals surface area contributed by atoms with Crippen LogP contribution in [0.15, 0.2) is 55.4 Å². The van der Waals surface area contributed by atoms with Crippen molar-refractivity contribution in [1.29, 1.82) is 0 Å². The van der Waals surface area contributed by atoms with Gasteiger partial charge in [0.25, 0.3) is 5.22 Å². The average Bonchev–Trinajstić information content (AvgIpc) is 3.12. The van der Waals surface area contributed by atoms with Crippen LogP contribution in [0.3, 0.4) is 0 Å². The van der Waals surface area contributed by atoms with E-state index in [4.69, 9.17) is 8.83 Å². The molecule has 0 radical (unpaired) electrons. The van der Waals surface area contributed by atoms with Gasteiger partial charge in [0.2, 0.25) is 0 Å². The second kappa shape index (κ2) is 6.21. The van der Waals surface area contributed by atoms with Gasteiger partial charge in [-0.15, -0.1) is 0 Å². The van der Waals surface area contributed by atoms with Crippen LogP contribution in [0.4, 0.5) is 5.88 Å². The number of nitrogens with zero attached hydrogens (tertiary/aromatic N) is 2. The largest absolute Gasteiger partial charge is 0.477 e. The third kappa shape index (κ3) is 3.40. The van der Waals surface area contributed by atoms with Crippen LogP contribution < -0.4 is 4.90 Å². The number of oxazole rings is 1. The lowest BCUT2D eigenvalue weighted by molar-refractivity contribution is -0.131. The van der Waals surface area contributed by atoms with Gasteiger partial charge in [0.05, 0.1) is 0 Å². The zero-order valence-electron chi connectivity index (χ0n) is 12.5. The standard InChI is InChI=1S/C16H14N2O4S/c1-18(2)14-8-7-10(21-14)9-13(15(19)20)23-16-17-11-5-3-4-6-12(11)22-16/h3-9H,1-2H3,(H,19,20)/b13-9+. The molecule has 23 heavy (non-hydrogen) atoms. The number of furan rings is 1. The predicted molar refractivity (Wildman–Crippen MR) is 88.5 cm³/mol. The average molecular weight is 330 g/mol. The Morgan fingerprint density at radius 1 is 1.22 bits per heavy atom. The van der Waals surface area contributed by atoms with Crippen LogP contribution in [0, 0.1) is 0 Å². The molecule has 0 saturated carbocycles. The zero-order valence-corrected chi connectivity index (χ0v) is 13.3. The van der Waals surface area contributed by atoms with Crippen molar-refractivity contribution in [2.24, 2.45) is 0 Å². The minimum Gasteiger partial charge on any atom is -0.477 e. The normalized spacial score (nSPS) is 11.8. The molecule has 2 aromatic heterocycles. The van der Waals surface area contributed by atoms with Gasteiger partial charge in [0.1, 0.15) is 16.2 Å². The summed E-state index contributed by atoms with van der Waals surface area (Å²) >= 11 is 0.945. The third-order valence-electron chi connectivity index (χ3n) is 3.01. The molecule has 1 aromatic carbocycles. The maximum Gasteiger partial charge on any atom is 0.342 e. The minimum atomic E-state index is -1.07. The summed E-state index contributed by atoms with van der Waals surface area (Å²) in [7, 11) is 3.69. The summed E-state index contributed by atoms with van der Waals surface area (Å²) in [5, 5.41) is 9.65. The highest BCUT2D eigenvalue weighted by atomic mass is 32.2. The van der Waals surface area contributed by atoms with Crippen LogP contribution >= 0.6 is 11.8 Å². The minimum absolute atomic E-state index is 0.0659. The Bertz CT molecular complexity index is 846. The number of benzene rings is 1. The van der Waals surface area contributed by atoms with E-state index in [0.29, 0.717) is 22.7 Å². The van der Waals surface area contributed by atoms with Crippen molar-refractivity contribution in [3.63, 3.8) is 0 Å². The van der Waals surface area contributed by atoms with E-state index in [2.05, 4.69) is 4.98 Å². The Morgan fingerprint density at radius 3 is 2.65 bits per heavy atom. The fourth-order valence-corrected chi connectivity index (χ4v) is 2.64. The number of aromatic nitrogens is 1. The lowest BCUT2D eigenvalue weighted by atomic mass is 10.3. The van der Waals surface area contributed by atoms with E-state index in [9.17, 15) is 9.90 Å². The fourth-order valence-electron chi connectivity index (χ4n) is 1.91. The van der Waals surface area contributed by atoms with E-state index in [1.807, 2.05) is 32.3 Å². The Morgan fingerprint density at radius 2 is 2.00 bits per heavy atom. The van der Waals surface area contributed by atoms with E-state index >= 15 is 0 Å². The SMILES string of the molecule is CN(C)c1ccc(/C=C(/Sc2nc3ccccc3o2)C(=O)O)o1. The molecule has 118 valence electrons. The number of hydrogen-bond donors (Lipinski definition) is 1. The van der Waals surface area contributed by atoms with Gasteiger partial charge in [-0.25, -0.2) is 9.78 Å². The molecular weight excluding hydrogens is 316 g/mol. The Balaban J connectivity index is 1.88. The number of aliphatic carboxylic acids is 1. The molecule has 0 saturated heterocycles. The van der Waals surface area contributed by atoms with Crippen LogP contribution in [0.1, 0.15) is 5.76 Å². The second-order valence-corrected chi connectivity index (χ2v) is 5.93. The number of rotatable bonds is 5. The Labute approximate surface area is 136 Å². The molecule has 7 heteroatoms. The topological polar surface area (TPSA) is 79.7 Å². The number of carboxylic acid groups (broad SMARTS) is 1. The highest BCUT2D eigenvalue weighted by molar-refractivity contribution is 8.03. The first-order valence-electron chi connectivity index (χ1n) is 6.78. The van der Waals surface area contributed by atoms with Crippen molar-refractivity contribution in [2.75, 3.05) is 19.0 Å². The Kier molecular flexibility index (Phi) is 4.12. The van der Waals surface area contributed by atoms with Gasteiger partial charge < -0.3 is 18.8 Å². The number of thioether (sulfide) groups is 1. The highest BCUT2D eigenvalue weighted by Crippen LogP contribution is 2.31. The second-order valence-electron chi connectivity index (χ2n) is 4.93. The van der Waals surface area contributed by atoms with Crippen LogP contribution in [0.5, 0.6) is 0 Å². The first-order chi connectivity index (χ1) is 11.0. The van der Waals surface area contributed by atoms with Gasteiger partial charge in [-0.3, -0.25) is 0 Å². The molecule has 0 spiro atoms. The molecule has 0 bridgehead atoms. The first-order valence-corrected chi connectivity index (χ1v) is 7.60. The van der Waals surface area contributed by atoms with Crippen molar-refractivity contribution in [1.82, 2.24) is 4.98 Å². The molecule has 6 nitrogen and oxygen atoms in total. The van der Waals surface area contributed by atoms with Gasteiger partial charge in [0, 0.05) is 26.2 Å². The molecule has 0 aliphatic heterocycles. The van der Waals surface area contributed by atoms with Crippen LogP contribution in [-0.2, 0) is 4.79 Å². The zero-order chi connectivity index (χ0) is 16.4. The summed E-state index contributed by atoms with van der Waals surface area (Å²) in [4.78, 5) is 17.6. The van der Waals surface area contributed by atoms with Gasteiger partial charge in [-0.05, 0) is 30.0 Å². The number of hydrogen-bond acceptors (Lipinski definition) is 6. The van der Waals surface area contributed by atoms with Crippen LogP contribution in [0.25, 0.3) is 17.2 Å². The third-order valence-corrected chi connectivity index (χ3v) is 3.87. The molecular formula is C16H14N2O4S. The lowest BCUT2D eigenvalue weighted by Gasteiger charge is -2.06. The summed E-state index contributed by atoms with van der Waals surface area (Å²) in [5.41, 5.74) is 1.31. The fraction of sp³-hybridized carbons (Fsp3) is 0.125. The maximum absolute atomic E-state index is 11.5. The van der Waals surface area contributed by atoms with E-state index in [1.165, 1.54) is 6.08 Å². The van der Waals surface area contributed by atoms with Crippen molar-refractivity contribution < 1.29 is 18.7 Å². The molecule has 1 N–H and O–H groups in total. The van der Waals surface area contributed by atoms with Crippen molar-refractivity contribution in [3.8, 4) is 0 Å². The number of carboxylic acids is 1. The Hall–Kier alpha value is -2.67. The van der Waals surface area contributed by atoms with Gasteiger partial charge >= 0.3 is 5.97 Å². The van der Waals surface area contributed by atoms with E-state index in [1.54, 1.807) is 23.1 Å². The molecule has 0 amide bonds. The lowest BCUT2D eigenvalue weighted by Crippen LogP contribution is -2.06. The van der Waals surface area contributed by atoms with Crippen molar-refractivity contribution >= 4 is 40.8 Å². The molecule has 0 aliphatic carbocycles. The molecule has 0 atom stereocenters. The van der Waals surface area contributed by atoms with E-state index < -0.39 is 5.97 Å². The monoisotopic (exact) mass is 330 g/mol. The number of anilines is 1. The summed E-state index contributed by atoms with van der Waals surface area (Å²) < 4.78 is 11.1. The van der Waals surface area contributed by atoms with E-state index in [-0.39, 0.29) is 10.1 Å². The molecule has 2 heterocycles. The van der Waals surface area contributed by atoms with Crippen LogP contribution in [-0.4, -0.2) is 30.2 Å². The van der Waals surface area contributed by atoms with Gasteiger partial charge in [-0.1, -0.05) is 12.1 Å². The van der Waals surface area contributed by atoms with Gasteiger partial charge in [-0.2, -0.15) is 0 Å². The van der Waals surface area contributed by atoms with E-state index in [0.717, 1.165) is 11.8 Å². The maximum atomic E-state index is 11.5. The summed E-state index contributed by atoms with van der Waals surface area (Å²) in [6, 6.07) is 10.8. The number of fused-ring (bicyclic) bond motifs is 1. The molecule has 0 unspecified atom stereocenters. The summed E-state index contributed by atoms with van der Waals surface area (Å²) in [5.74, 6) is 0.0302. The molecule has 0 fully saturated rings.